The molecule has 0 radical (unpaired) electrons. The summed E-state index contributed by atoms with van der Waals surface area (Å²) in [7, 11) is 0. The van der Waals surface area contributed by atoms with Gasteiger partial charge in [-0.25, -0.2) is 9.59 Å². The summed E-state index contributed by atoms with van der Waals surface area (Å²) in [5.74, 6) is -1.01. The van der Waals surface area contributed by atoms with Gasteiger partial charge in [0.05, 0.1) is 6.04 Å². The van der Waals surface area contributed by atoms with Gasteiger partial charge in [0.15, 0.2) is 0 Å². The van der Waals surface area contributed by atoms with Crippen molar-refractivity contribution in [2.45, 2.75) is 45.7 Å². The first-order valence-electron chi connectivity index (χ1n) is 6.81. The molecule has 0 aliphatic heterocycles. The molecule has 0 aliphatic carbocycles. The maximum atomic E-state index is 11.8. The standard InChI is InChI=1S/C15H22N2O3/c1-4-7-13(14(18)19)17-15(20)16-11(3)12-9-6-5-8-10(12)2/h5-6,8-9,11,13H,4,7H2,1-3H3,(H,18,19)(H2,16,17,20)/t11?,13-/m1/s1. The minimum atomic E-state index is -1.01. The third-order valence-electron chi connectivity index (χ3n) is 3.18. The van der Waals surface area contributed by atoms with E-state index in [4.69, 9.17) is 5.11 Å². The fraction of sp³-hybridized carbons (Fsp3) is 0.467. The highest BCUT2D eigenvalue weighted by molar-refractivity contribution is 5.82. The van der Waals surface area contributed by atoms with E-state index in [2.05, 4.69) is 10.6 Å². The normalized spacial score (nSPS) is 13.3. The van der Waals surface area contributed by atoms with E-state index in [-0.39, 0.29) is 6.04 Å². The number of carbonyl (C=O) groups is 2. The van der Waals surface area contributed by atoms with Crippen LogP contribution in [0.1, 0.15) is 43.9 Å². The monoisotopic (exact) mass is 278 g/mol. The van der Waals surface area contributed by atoms with E-state index in [0.29, 0.717) is 12.8 Å². The molecule has 0 aliphatic rings. The van der Waals surface area contributed by atoms with Crippen molar-refractivity contribution in [3.63, 3.8) is 0 Å². The number of hydrogen-bond donors (Lipinski definition) is 3. The van der Waals surface area contributed by atoms with Crippen LogP contribution in [-0.2, 0) is 4.79 Å². The molecule has 2 atom stereocenters. The Kier molecular flexibility index (Phi) is 6.03. The lowest BCUT2D eigenvalue weighted by Gasteiger charge is -2.19. The van der Waals surface area contributed by atoms with E-state index >= 15 is 0 Å². The van der Waals surface area contributed by atoms with Crippen LogP contribution in [0.5, 0.6) is 0 Å². The van der Waals surface area contributed by atoms with Gasteiger partial charge >= 0.3 is 12.0 Å². The molecule has 0 bridgehead atoms. The molecule has 0 spiro atoms. The molecule has 0 fully saturated rings. The summed E-state index contributed by atoms with van der Waals surface area (Å²) in [5, 5.41) is 14.3. The predicted octanol–water partition coefficient (Wildman–Crippen LogP) is 2.61. The second-order valence-corrected chi connectivity index (χ2v) is 4.88. The third-order valence-corrected chi connectivity index (χ3v) is 3.18. The Hall–Kier alpha value is -2.04. The number of carboxylic acid groups (broad SMARTS) is 1. The average molecular weight is 278 g/mol. The Morgan fingerprint density at radius 2 is 1.90 bits per heavy atom. The molecule has 3 N–H and O–H groups in total. The summed E-state index contributed by atoms with van der Waals surface area (Å²) in [6.07, 6.45) is 1.12. The van der Waals surface area contributed by atoms with Gasteiger partial charge in [-0.05, 0) is 31.4 Å². The van der Waals surface area contributed by atoms with E-state index in [0.717, 1.165) is 11.1 Å². The SMILES string of the molecule is CCC[C@@H](NC(=O)NC(C)c1ccccc1C)C(=O)O. The van der Waals surface area contributed by atoms with Crippen molar-refractivity contribution in [2.24, 2.45) is 0 Å². The van der Waals surface area contributed by atoms with Crippen molar-refractivity contribution in [3.05, 3.63) is 35.4 Å². The van der Waals surface area contributed by atoms with Crippen LogP contribution in [0, 0.1) is 6.92 Å². The first kappa shape index (κ1) is 16.0. The van der Waals surface area contributed by atoms with E-state index in [1.807, 2.05) is 45.0 Å². The van der Waals surface area contributed by atoms with Gasteiger partial charge in [0, 0.05) is 0 Å². The zero-order valence-electron chi connectivity index (χ0n) is 12.1. The lowest BCUT2D eigenvalue weighted by atomic mass is 10.0. The van der Waals surface area contributed by atoms with Crippen LogP contribution >= 0.6 is 0 Å². The summed E-state index contributed by atoms with van der Waals surface area (Å²) in [6, 6.07) is 6.30. The van der Waals surface area contributed by atoms with Crippen molar-refractivity contribution in [2.75, 3.05) is 0 Å². The molecule has 1 unspecified atom stereocenters. The first-order chi connectivity index (χ1) is 9.45. The van der Waals surface area contributed by atoms with Crippen molar-refractivity contribution in [1.29, 1.82) is 0 Å². The summed E-state index contributed by atoms with van der Waals surface area (Å²) >= 11 is 0. The molecule has 2 amide bonds. The number of benzene rings is 1. The Balaban J connectivity index is 2.62. The van der Waals surface area contributed by atoms with Gasteiger partial charge in [-0.15, -0.1) is 0 Å². The number of carboxylic acids is 1. The van der Waals surface area contributed by atoms with Gasteiger partial charge in [-0.2, -0.15) is 0 Å². The van der Waals surface area contributed by atoms with Crippen LogP contribution < -0.4 is 10.6 Å². The number of aryl methyl sites for hydroxylation is 1. The predicted molar refractivity (Wildman–Crippen MR) is 77.6 cm³/mol. The topological polar surface area (TPSA) is 78.4 Å². The van der Waals surface area contributed by atoms with E-state index in [1.165, 1.54) is 0 Å². The van der Waals surface area contributed by atoms with Gasteiger partial charge in [0.25, 0.3) is 0 Å². The maximum absolute atomic E-state index is 11.8. The second-order valence-electron chi connectivity index (χ2n) is 4.88. The zero-order chi connectivity index (χ0) is 15.1. The molecule has 20 heavy (non-hydrogen) atoms. The molecular formula is C15H22N2O3. The highest BCUT2D eigenvalue weighted by Gasteiger charge is 2.20. The molecule has 0 saturated heterocycles. The lowest BCUT2D eigenvalue weighted by molar-refractivity contribution is -0.139. The van der Waals surface area contributed by atoms with E-state index in [9.17, 15) is 9.59 Å². The molecule has 5 heteroatoms. The number of amides is 2. The van der Waals surface area contributed by atoms with Crippen LogP contribution in [0.3, 0.4) is 0 Å². The van der Waals surface area contributed by atoms with Crippen LogP contribution in [0.2, 0.25) is 0 Å². The van der Waals surface area contributed by atoms with Crippen LogP contribution in [0.15, 0.2) is 24.3 Å². The molecular weight excluding hydrogens is 256 g/mol. The van der Waals surface area contributed by atoms with Crippen molar-refractivity contribution < 1.29 is 14.7 Å². The Labute approximate surface area is 119 Å². The van der Waals surface area contributed by atoms with Gasteiger partial charge in [0.1, 0.15) is 6.04 Å². The summed E-state index contributed by atoms with van der Waals surface area (Å²) in [5.41, 5.74) is 2.11. The average Bonchev–Trinajstić information content (AvgIpc) is 2.38. The van der Waals surface area contributed by atoms with Crippen LogP contribution in [0.25, 0.3) is 0 Å². The Morgan fingerprint density at radius 1 is 1.25 bits per heavy atom. The van der Waals surface area contributed by atoms with Gasteiger partial charge in [-0.3, -0.25) is 0 Å². The molecule has 0 aromatic heterocycles. The molecule has 5 nitrogen and oxygen atoms in total. The summed E-state index contributed by atoms with van der Waals surface area (Å²) < 4.78 is 0. The number of urea groups is 1. The van der Waals surface area contributed by atoms with Crippen molar-refractivity contribution >= 4 is 12.0 Å². The molecule has 1 aromatic rings. The lowest BCUT2D eigenvalue weighted by Crippen LogP contribution is -2.46. The summed E-state index contributed by atoms with van der Waals surface area (Å²) in [6.45, 7) is 5.73. The molecule has 0 saturated carbocycles. The number of hydrogen-bond acceptors (Lipinski definition) is 2. The quantitative estimate of drug-likeness (QED) is 0.748. The fourth-order valence-corrected chi connectivity index (χ4v) is 2.09. The van der Waals surface area contributed by atoms with Crippen molar-refractivity contribution in [1.82, 2.24) is 10.6 Å². The highest BCUT2D eigenvalue weighted by atomic mass is 16.4. The van der Waals surface area contributed by atoms with Crippen LogP contribution in [-0.4, -0.2) is 23.1 Å². The highest BCUT2D eigenvalue weighted by Crippen LogP contribution is 2.16. The Bertz CT molecular complexity index is 474. The number of carbonyl (C=O) groups excluding carboxylic acids is 1. The smallest absolute Gasteiger partial charge is 0.326 e. The Morgan fingerprint density at radius 3 is 2.45 bits per heavy atom. The molecule has 1 aromatic carbocycles. The molecule has 110 valence electrons. The second kappa shape index (κ2) is 7.53. The largest absolute Gasteiger partial charge is 0.480 e. The van der Waals surface area contributed by atoms with Gasteiger partial charge in [-0.1, -0.05) is 37.6 Å². The maximum Gasteiger partial charge on any atom is 0.326 e. The van der Waals surface area contributed by atoms with Crippen LogP contribution in [0.4, 0.5) is 4.79 Å². The van der Waals surface area contributed by atoms with Crippen molar-refractivity contribution in [3.8, 4) is 0 Å². The first-order valence-corrected chi connectivity index (χ1v) is 6.81. The zero-order valence-corrected chi connectivity index (χ0v) is 12.1. The van der Waals surface area contributed by atoms with Gasteiger partial charge in [0.2, 0.25) is 0 Å². The van der Waals surface area contributed by atoms with E-state index < -0.39 is 18.0 Å². The third kappa shape index (κ3) is 4.57. The molecule has 1 rings (SSSR count). The minimum absolute atomic E-state index is 0.174. The number of aliphatic carboxylic acids is 1. The number of rotatable bonds is 6. The fourth-order valence-electron chi connectivity index (χ4n) is 2.09. The minimum Gasteiger partial charge on any atom is -0.480 e. The summed E-state index contributed by atoms with van der Waals surface area (Å²) in [4.78, 5) is 22.8. The molecule has 0 heterocycles. The number of nitrogens with one attached hydrogen (secondary N) is 2. The van der Waals surface area contributed by atoms with E-state index in [1.54, 1.807) is 0 Å². The van der Waals surface area contributed by atoms with Gasteiger partial charge < -0.3 is 15.7 Å².